The second-order valence-corrected chi connectivity index (χ2v) is 4.16. The van der Waals surface area contributed by atoms with E-state index in [0.717, 1.165) is 5.92 Å². The molecule has 1 aliphatic heterocycles. The van der Waals surface area contributed by atoms with Gasteiger partial charge in [0.05, 0.1) is 0 Å². The molecule has 0 spiro atoms. The van der Waals surface area contributed by atoms with Crippen LogP contribution in [0.15, 0.2) is 11.8 Å². The monoisotopic (exact) mass is 165 g/mol. The summed E-state index contributed by atoms with van der Waals surface area (Å²) < 4.78 is 0. The maximum absolute atomic E-state index is 2.60. The summed E-state index contributed by atoms with van der Waals surface area (Å²) >= 11 is 0. The van der Waals surface area contributed by atoms with Crippen LogP contribution in [0.1, 0.15) is 39.0 Å². The molecule has 1 saturated heterocycles. The zero-order valence-corrected chi connectivity index (χ0v) is 8.05. The van der Waals surface area contributed by atoms with Gasteiger partial charge in [0.2, 0.25) is 0 Å². The van der Waals surface area contributed by atoms with E-state index in [1.54, 1.807) is 5.70 Å². The van der Waals surface area contributed by atoms with E-state index in [-0.39, 0.29) is 0 Å². The third kappa shape index (κ3) is 1.50. The van der Waals surface area contributed by atoms with Crippen LogP contribution in [-0.2, 0) is 0 Å². The van der Waals surface area contributed by atoms with Crippen molar-refractivity contribution in [3.8, 4) is 0 Å². The number of nitrogens with zero attached hydrogens (tertiary/aromatic N) is 1. The molecule has 2 rings (SSSR count). The SMILES string of the molecule is CC1CCCC=C1N1CCCC1. The van der Waals surface area contributed by atoms with Crippen molar-refractivity contribution in [3.05, 3.63) is 11.8 Å². The van der Waals surface area contributed by atoms with Crippen LogP contribution in [0.25, 0.3) is 0 Å². The van der Waals surface area contributed by atoms with Crippen molar-refractivity contribution in [1.29, 1.82) is 0 Å². The Bertz CT molecular complexity index is 177. The molecule has 0 amide bonds. The van der Waals surface area contributed by atoms with E-state index in [2.05, 4.69) is 17.9 Å². The van der Waals surface area contributed by atoms with E-state index < -0.39 is 0 Å². The number of likely N-dealkylation sites (tertiary alicyclic amines) is 1. The molecule has 1 atom stereocenters. The summed E-state index contributed by atoms with van der Waals surface area (Å²) in [6, 6.07) is 0. The summed E-state index contributed by atoms with van der Waals surface area (Å²) in [6.07, 6.45) is 9.41. The molecule has 1 heteroatoms. The highest BCUT2D eigenvalue weighted by Crippen LogP contribution is 2.29. The van der Waals surface area contributed by atoms with Crippen molar-refractivity contribution in [1.82, 2.24) is 4.90 Å². The molecule has 1 fully saturated rings. The first kappa shape index (κ1) is 8.15. The maximum Gasteiger partial charge on any atom is 0.0175 e. The Morgan fingerprint density at radius 1 is 1.25 bits per heavy atom. The third-order valence-electron chi connectivity index (χ3n) is 3.17. The van der Waals surface area contributed by atoms with E-state index in [4.69, 9.17) is 0 Å². The van der Waals surface area contributed by atoms with Gasteiger partial charge in [0.1, 0.15) is 0 Å². The fourth-order valence-electron chi connectivity index (χ4n) is 2.44. The second kappa shape index (κ2) is 3.51. The summed E-state index contributed by atoms with van der Waals surface area (Å²) in [7, 11) is 0. The fourth-order valence-corrected chi connectivity index (χ4v) is 2.44. The minimum atomic E-state index is 0.830. The van der Waals surface area contributed by atoms with E-state index >= 15 is 0 Å². The molecule has 1 heterocycles. The number of rotatable bonds is 1. The topological polar surface area (TPSA) is 3.24 Å². The number of hydrogen-bond donors (Lipinski definition) is 0. The quantitative estimate of drug-likeness (QED) is 0.577. The Morgan fingerprint density at radius 2 is 2.00 bits per heavy atom. The zero-order valence-electron chi connectivity index (χ0n) is 8.05. The molecule has 0 saturated carbocycles. The lowest BCUT2D eigenvalue weighted by atomic mass is 9.93. The molecular formula is C11H19N. The smallest absolute Gasteiger partial charge is 0.0175 e. The Kier molecular flexibility index (Phi) is 2.38. The molecule has 1 nitrogen and oxygen atoms in total. The normalized spacial score (nSPS) is 30.6. The Balaban J connectivity index is 2.04. The number of allylic oxidation sites excluding steroid dienone is 2. The summed E-state index contributed by atoms with van der Waals surface area (Å²) in [5, 5.41) is 0. The van der Waals surface area contributed by atoms with Gasteiger partial charge in [0, 0.05) is 18.8 Å². The van der Waals surface area contributed by atoms with Gasteiger partial charge in [0.15, 0.2) is 0 Å². The molecule has 1 aliphatic carbocycles. The molecule has 0 bridgehead atoms. The molecule has 0 aromatic rings. The van der Waals surface area contributed by atoms with Crippen LogP contribution in [0, 0.1) is 5.92 Å². The largest absolute Gasteiger partial charge is 0.375 e. The molecular weight excluding hydrogens is 146 g/mol. The maximum atomic E-state index is 2.60. The minimum Gasteiger partial charge on any atom is -0.375 e. The van der Waals surface area contributed by atoms with Gasteiger partial charge >= 0.3 is 0 Å². The van der Waals surface area contributed by atoms with Crippen molar-refractivity contribution in [2.75, 3.05) is 13.1 Å². The molecule has 12 heavy (non-hydrogen) atoms. The summed E-state index contributed by atoms with van der Waals surface area (Å²) in [4.78, 5) is 2.60. The van der Waals surface area contributed by atoms with Crippen molar-refractivity contribution in [3.63, 3.8) is 0 Å². The second-order valence-electron chi connectivity index (χ2n) is 4.16. The standard InChI is InChI=1S/C11H19N/c1-10-6-2-3-7-11(10)12-8-4-5-9-12/h7,10H,2-6,8-9H2,1H3. The van der Waals surface area contributed by atoms with Crippen LogP contribution < -0.4 is 0 Å². The minimum absolute atomic E-state index is 0.830. The van der Waals surface area contributed by atoms with E-state index in [9.17, 15) is 0 Å². The van der Waals surface area contributed by atoms with E-state index in [1.165, 1.54) is 45.2 Å². The van der Waals surface area contributed by atoms with Crippen LogP contribution in [0.3, 0.4) is 0 Å². The molecule has 0 aromatic heterocycles. The highest BCUT2D eigenvalue weighted by Gasteiger charge is 2.20. The Labute approximate surface area is 75.4 Å². The molecule has 2 aliphatic rings. The van der Waals surface area contributed by atoms with Crippen LogP contribution in [-0.4, -0.2) is 18.0 Å². The molecule has 1 unspecified atom stereocenters. The van der Waals surface area contributed by atoms with Crippen LogP contribution in [0.2, 0.25) is 0 Å². The molecule has 68 valence electrons. The fraction of sp³-hybridized carbons (Fsp3) is 0.818. The van der Waals surface area contributed by atoms with Gasteiger partial charge in [0.25, 0.3) is 0 Å². The average molecular weight is 165 g/mol. The van der Waals surface area contributed by atoms with Crippen LogP contribution >= 0.6 is 0 Å². The predicted octanol–water partition coefficient (Wildman–Crippen LogP) is 2.79. The highest BCUT2D eigenvalue weighted by molar-refractivity contribution is 5.09. The van der Waals surface area contributed by atoms with Gasteiger partial charge in [-0.05, 0) is 38.0 Å². The van der Waals surface area contributed by atoms with Crippen molar-refractivity contribution in [2.45, 2.75) is 39.0 Å². The molecule has 0 N–H and O–H groups in total. The summed E-state index contributed by atoms with van der Waals surface area (Å²) in [5.74, 6) is 0.830. The summed E-state index contributed by atoms with van der Waals surface area (Å²) in [6.45, 7) is 5.01. The molecule has 0 aromatic carbocycles. The lowest BCUT2D eigenvalue weighted by molar-refractivity contribution is 0.344. The lowest BCUT2D eigenvalue weighted by Crippen LogP contribution is -2.24. The van der Waals surface area contributed by atoms with Gasteiger partial charge in [-0.3, -0.25) is 0 Å². The van der Waals surface area contributed by atoms with Crippen molar-refractivity contribution in [2.24, 2.45) is 5.92 Å². The van der Waals surface area contributed by atoms with E-state index in [0.29, 0.717) is 0 Å². The van der Waals surface area contributed by atoms with E-state index in [1.807, 2.05) is 0 Å². The first-order chi connectivity index (χ1) is 5.88. The number of hydrogen-bond acceptors (Lipinski definition) is 1. The lowest BCUT2D eigenvalue weighted by Gasteiger charge is -2.29. The van der Waals surface area contributed by atoms with Crippen molar-refractivity contribution < 1.29 is 0 Å². The molecule has 0 radical (unpaired) electrons. The highest BCUT2D eigenvalue weighted by atomic mass is 15.2. The third-order valence-corrected chi connectivity index (χ3v) is 3.17. The van der Waals surface area contributed by atoms with Gasteiger partial charge in [-0.1, -0.05) is 13.0 Å². The van der Waals surface area contributed by atoms with Gasteiger partial charge in [-0.2, -0.15) is 0 Å². The predicted molar refractivity (Wildman–Crippen MR) is 51.9 cm³/mol. The van der Waals surface area contributed by atoms with Crippen LogP contribution in [0.4, 0.5) is 0 Å². The van der Waals surface area contributed by atoms with Gasteiger partial charge in [-0.15, -0.1) is 0 Å². The van der Waals surface area contributed by atoms with Gasteiger partial charge < -0.3 is 4.90 Å². The van der Waals surface area contributed by atoms with Crippen LogP contribution in [0.5, 0.6) is 0 Å². The first-order valence-electron chi connectivity index (χ1n) is 5.33. The summed E-state index contributed by atoms with van der Waals surface area (Å²) in [5.41, 5.74) is 1.65. The van der Waals surface area contributed by atoms with Gasteiger partial charge in [-0.25, -0.2) is 0 Å². The van der Waals surface area contributed by atoms with Crippen molar-refractivity contribution >= 4 is 0 Å². The first-order valence-corrected chi connectivity index (χ1v) is 5.33. The zero-order chi connectivity index (χ0) is 8.39. The Morgan fingerprint density at radius 3 is 2.67 bits per heavy atom. The Hall–Kier alpha value is -0.460. The average Bonchev–Trinajstić information content (AvgIpc) is 2.57.